The van der Waals surface area contributed by atoms with E-state index in [1.165, 1.54) is 4.90 Å². The smallest absolute Gasteiger partial charge is 0.266 e. The fourth-order valence-electron chi connectivity index (χ4n) is 3.95. The van der Waals surface area contributed by atoms with Crippen molar-refractivity contribution in [3.63, 3.8) is 0 Å². The lowest BCUT2D eigenvalue weighted by Crippen LogP contribution is -2.37. The van der Waals surface area contributed by atoms with Gasteiger partial charge in [0, 0.05) is 0 Å². The molecule has 3 heterocycles. The SMILES string of the molecule is COc1ccc(N2C(=O)[C@H]3[C@@H](c4ccco4)N(c4ccccc4)O[C@H]3C2=O)cc1. The number of amides is 2. The number of para-hydroxylation sites is 1. The van der Waals surface area contributed by atoms with Crippen molar-refractivity contribution in [2.45, 2.75) is 12.1 Å². The fraction of sp³-hybridized carbons (Fsp3) is 0.182. The molecule has 3 atom stereocenters. The summed E-state index contributed by atoms with van der Waals surface area (Å²) in [5, 5.41) is 1.61. The summed E-state index contributed by atoms with van der Waals surface area (Å²) < 4.78 is 10.8. The summed E-state index contributed by atoms with van der Waals surface area (Å²) in [5.41, 5.74) is 1.24. The molecule has 5 rings (SSSR count). The largest absolute Gasteiger partial charge is 0.497 e. The number of hydrogen-bond acceptors (Lipinski definition) is 6. The number of methoxy groups -OCH3 is 1. The second-order valence-corrected chi connectivity index (χ2v) is 6.88. The van der Waals surface area contributed by atoms with Crippen molar-refractivity contribution in [2.75, 3.05) is 17.1 Å². The molecule has 7 nitrogen and oxygen atoms in total. The zero-order valence-corrected chi connectivity index (χ0v) is 15.6. The van der Waals surface area contributed by atoms with Gasteiger partial charge in [-0.25, -0.2) is 9.96 Å². The van der Waals surface area contributed by atoms with Crippen LogP contribution in [0.4, 0.5) is 11.4 Å². The molecule has 0 saturated carbocycles. The Labute approximate surface area is 167 Å². The zero-order valence-electron chi connectivity index (χ0n) is 15.6. The Kier molecular flexibility index (Phi) is 4.10. The van der Waals surface area contributed by atoms with Crippen LogP contribution in [0.2, 0.25) is 0 Å². The van der Waals surface area contributed by atoms with Gasteiger partial charge < -0.3 is 9.15 Å². The van der Waals surface area contributed by atoms with E-state index in [0.29, 0.717) is 17.2 Å². The van der Waals surface area contributed by atoms with Gasteiger partial charge in [-0.1, -0.05) is 18.2 Å². The molecule has 2 saturated heterocycles. The first-order valence-electron chi connectivity index (χ1n) is 9.25. The van der Waals surface area contributed by atoms with E-state index < -0.39 is 18.1 Å². The maximum Gasteiger partial charge on any atom is 0.266 e. The van der Waals surface area contributed by atoms with Crippen LogP contribution in [-0.4, -0.2) is 25.0 Å². The molecule has 0 aliphatic carbocycles. The van der Waals surface area contributed by atoms with Crippen LogP contribution in [0, 0.1) is 5.92 Å². The maximum atomic E-state index is 13.4. The van der Waals surface area contributed by atoms with Crippen molar-refractivity contribution >= 4 is 23.2 Å². The van der Waals surface area contributed by atoms with E-state index in [1.807, 2.05) is 30.3 Å². The summed E-state index contributed by atoms with van der Waals surface area (Å²) in [6.45, 7) is 0. The lowest BCUT2D eigenvalue weighted by molar-refractivity contribution is -0.126. The molecule has 0 radical (unpaired) electrons. The van der Waals surface area contributed by atoms with Crippen molar-refractivity contribution in [3.8, 4) is 5.75 Å². The summed E-state index contributed by atoms with van der Waals surface area (Å²) in [6.07, 6.45) is 0.633. The number of carbonyl (C=O) groups excluding carboxylic acids is 2. The Balaban J connectivity index is 1.54. The molecule has 0 unspecified atom stereocenters. The van der Waals surface area contributed by atoms with Crippen LogP contribution in [0.15, 0.2) is 77.4 Å². The van der Waals surface area contributed by atoms with Gasteiger partial charge in [0.05, 0.1) is 24.7 Å². The summed E-state index contributed by atoms with van der Waals surface area (Å²) in [5.74, 6) is -0.201. The van der Waals surface area contributed by atoms with E-state index in [2.05, 4.69) is 0 Å². The highest BCUT2D eigenvalue weighted by atomic mass is 16.7. The van der Waals surface area contributed by atoms with Gasteiger partial charge in [0.1, 0.15) is 23.5 Å². The molecule has 2 fully saturated rings. The maximum absolute atomic E-state index is 13.4. The van der Waals surface area contributed by atoms with Crippen LogP contribution in [0.25, 0.3) is 0 Å². The van der Waals surface area contributed by atoms with Gasteiger partial charge >= 0.3 is 0 Å². The van der Waals surface area contributed by atoms with Gasteiger partial charge in [-0.2, -0.15) is 0 Å². The van der Waals surface area contributed by atoms with Crippen molar-refractivity contribution in [1.29, 1.82) is 0 Å². The molecule has 0 N–H and O–H groups in total. The molecule has 3 aromatic rings. The molecule has 2 amide bonds. The third-order valence-electron chi connectivity index (χ3n) is 5.29. The normalized spacial score (nSPS) is 23.6. The topological polar surface area (TPSA) is 72.2 Å². The van der Waals surface area contributed by atoms with Gasteiger partial charge in [-0.3, -0.25) is 14.4 Å². The number of ether oxygens (including phenoxy) is 1. The highest BCUT2D eigenvalue weighted by Gasteiger charge is 2.61. The quantitative estimate of drug-likeness (QED) is 0.637. The Bertz CT molecular complexity index is 1030. The third kappa shape index (κ3) is 2.70. The summed E-state index contributed by atoms with van der Waals surface area (Å²) >= 11 is 0. The summed E-state index contributed by atoms with van der Waals surface area (Å²) in [4.78, 5) is 33.7. The van der Waals surface area contributed by atoms with Gasteiger partial charge in [-0.15, -0.1) is 0 Å². The van der Waals surface area contributed by atoms with Crippen molar-refractivity contribution in [2.24, 2.45) is 5.92 Å². The van der Waals surface area contributed by atoms with Crippen LogP contribution in [0.5, 0.6) is 5.75 Å². The average Bonchev–Trinajstić information content (AvgIpc) is 3.47. The molecule has 29 heavy (non-hydrogen) atoms. The van der Waals surface area contributed by atoms with Crippen molar-refractivity contribution in [1.82, 2.24) is 0 Å². The molecule has 0 spiro atoms. The number of carbonyl (C=O) groups is 2. The molecular formula is C22H18N2O5. The molecular weight excluding hydrogens is 372 g/mol. The Hall–Kier alpha value is -3.58. The van der Waals surface area contributed by atoms with E-state index in [1.54, 1.807) is 54.8 Å². The van der Waals surface area contributed by atoms with Crippen molar-refractivity contribution in [3.05, 3.63) is 78.8 Å². The average molecular weight is 390 g/mol. The predicted molar refractivity (Wildman–Crippen MR) is 104 cm³/mol. The van der Waals surface area contributed by atoms with Crippen LogP contribution in [0.3, 0.4) is 0 Å². The second-order valence-electron chi connectivity index (χ2n) is 6.88. The molecule has 2 aromatic carbocycles. The highest BCUT2D eigenvalue weighted by molar-refractivity contribution is 6.23. The van der Waals surface area contributed by atoms with Gasteiger partial charge in [-0.05, 0) is 48.5 Å². The summed E-state index contributed by atoms with van der Waals surface area (Å²) in [7, 11) is 1.56. The van der Waals surface area contributed by atoms with E-state index in [4.69, 9.17) is 14.0 Å². The lowest BCUT2D eigenvalue weighted by Gasteiger charge is -2.27. The van der Waals surface area contributed by atoms with E-state index in [9.17, 15) is 9.59 Å². The number of hydrogen-bond donors (Lipinski definition) is 0. The highest BCUT2D eigenvalue weighted by Crippen LogP contribution is 2.47. The van der Waals surface area contributed by atoms with Gasteiger partial charge in [0.15, 0.2) is 6.10 Å². The number of nitrogens with zero attached hydrogens (tertiary/aromatic N) is 2. The Morgan fingerprint density at radius 1 is 0.862 bits per heavy atom. The molecule has 7 heteroatoms. The third-order valence-corrected chi connectivity index (χ3v) is 5.29. The summed E-state index contributed by atoms with van der Waals surface area (Å²) in [6, 6.07) is 19.2. The van der Waals surface area contributed by atoms with Crippen LogP contribution < -0.4 is 14.7 Å². The van der Waals surface area contributed by atoms with Crippen LogP contribution >= 0.6 is 0 Å². The molecule has 0 bridgehead atoms. The monoisotopic (exact) mass is 390 g/mol. The predicted octanol–water partition coefficient (Wildman–Crippen LogP) is 3.34. The Morgan fingerprint density at radius 2 is 1.62 bits per heavy atom. The molecule has 2 aliphatic heterocycles. The van der Waals surface area contributed by atoms with E-state index >= 15 is 0 Å². The first-order valence-corrected chi connectivity index (χ1v) is 9.25. The van der Waals surface area contributed by atoms with Crippen LogP contribution in [-0.2, 0) is 14.4 Å². The van der Waals surface area contributed by atoms with Crippen molar-refractivity contribution < 1.29 is 23.6 Å². The van der Waals surface area contributed by atoms with E-state index in [-0.39, 0.29) is 11.8 Å². The van der Waals surface area contributed by atoms with Gasteiger partial charge in [0.2, 0.25) is 5.91 Å². The number of benzene rings is 2. The molecule has 2 aliphatic rings. The zero-order chi connectivity index (χ0) is 20.0. The minimum atomic E-state index is -0.917. The fourth-order valence-corrected chi connectivity index (χ4v) is 3.95. The number of hydroxylamine groups is 1. The number of fused-ring (bicyclic) bond motifs is 1. The second kappa shape index (κ2) is 6.79. The standard InChI is InChI=1S/C22H18N2O5/c1-27-16-11-9-14(10-12-16)23-21(25)18-19(17-8-5-13-28-17)24(29-20(18)22(23)26)15-6-3-2-4-7-15/h2-13,18-20H,1H3/t18-,19+,20+/m0/s1. The molecule has 1 aromatic heterocycles. The lowest BCUT2D eigenvalue weighted by atomic mass is 9.94. The van der Waals surface area contributed by atoms with E-state index in [0.717, 1.165) is 5.69 Å². The Morgan fingerprint density at radius 3 is 2.28 bits per heavy atom. The number of furan rings is 1. The minimum absolute atomic E-state index is 0.315. The number of rotatable bonds is 4. The molecule has 146 valence electrons. The first-order chi connectivity index (χ1) is 14.2. The first kappa shape index (κ1) is 17.5. The van der Waals surface area contributed by atoms with Crippen LogP contribution in [0.1, 0.15) is 11.8 Å². The number of imide groups is 1. The minimum Gasteiger partial charge on any atom is -0.497 e. The number of anilines is 2. The van der Waals surface area contributed by atoms with Gasteiger partial charge in [0.25, 0.3) is 5.91 Å².